The van der Waals surface area contributed by atoms with Gasteiger partial charge in [0.15, 0.2) is 0 Å². The van der Waals surface area contributed by atoms with E-state index in [-0.39, 0.29) is 25.0 Å². The molecule has 0 fully saturated rings. The Bertz CT molecular complexity index is 54.2. The Kier molecular flexibility index (Phi) is 10.8. The van der Waals surface area contributed by atoms with E-state index < -0.39 is 7.82 Å². The van der Waals surface area contributed by atoms with E-state index in [1.54, 1.807) is 0 Å². The molecule has 0 aromatic rings. The van der Waals surface area contributed by atoms with Crippen LogP contribution in [0.4, 0.5) is 0 Å². The summed E-state index contributed by atoms with van der Waals surface area (Å²) < 4.78 is 8.66. The van der Waals surface area contributed by atoms with Crippen molar-refractivity contribution in [3.63, 3.8) is 0 Å². The van der Waals surface area contributed by atoms with E-state index in [1.165, 1.54) is 0 Å². The van der Waals surface area contributed by atoms with Gasteiger partial charge in [-0.2, -0.15) is 0 Å². The van der Waals surface area contributed by atoms with Crippen molar-refractivity contribution >= 4 is 7.82 Å². The standard InChI is InChI=1S/H3O4P.H2O.Zn/c1-5(2,3)4;;/h(H3,1,2,3,4);1H2;/q;;+2/p-2. The molecule has 0 aromatic heterocycles. The Morgan fingerprint density at radius 1 is 1.43 bits per heavy atom. The summed E-state index contributed by atoms with van der Waals surface area (Å²) in [6.45, 7) is 0. The Hall–Kier alpha value is 0.693. The van der Waals surface area contributed by atoms with Gasteiger partial charge < -0.3 is 24.7 Å². The maximum atomic E-state index is 8.66. The third-order valence-electron chi connectivity index (χ3n) is 0. The van der Waals surface area contributed by atoms with Crippen molar-refractivity contribution in [2.45, 2.75) is 0 Å². The molecule has 0 unspecified atom stereocenters. The molecular weight excluding hydrogens is 176 g/mol. The summed E-state index contributed by atoms with van der Waals surface area (Å²) in [7, 11) is -5.14. The van der Waals surface area contributed by atoms with Crippen molar-refractivity contribution in [3.8, 4) is 0 Å². The molecule has 0 saturated carbocycles. The maximum Gasteiger partial charge on any atom is 2.00 e. The van der Waals surface area contributed by atoms with Gasteiger partial charge in [0.2, 0.25) is 0 Å². The minimum absolute atomic E-state index is 0. The van der Waals surface area contributed by atoms with Crippen LogP contribution < -0.4 is 9.79 Å². The fourth-order valence-corrected chi connectivity index (χ4v) is 0. The number of rotatable bonds is 0. The van der Waals surface area contributed by atoms with Crippen molar-refractivity contribution < 1.29 is 44.2 Å². The second kappa shape index (κ2) is 4.84. The van der Waals surface area contributed by atoms with E-state index in [1.807, 2.05) is 0 Å². The van der Waals surface area contributed by atoms with Crippen LogP contribution in [0.25, 0.3) is 0 Å². The van der Waals surface area contributed by atoms with Crippen molar-refractivity contribution in [2.24, 2.45) is 0 Å². The molecule has 0 aliphatic heterocycles. The fourth-order valence-electron chi connectivity index (χ4n) is 0. The van der Waals surface area contributed by atoms with Crippen LogP contribution in [0.1, 0.15) is 0 Å². The smallest absolute Gasteiger partial charge is 0.790 e. The SMILES string of the molecule is O.O=P([O-])([O-])O.[Zn+2]. The van der Waals surface area contributed by atoms with E-state index in [0.29, 0.717) is 0 Å². The molecule has 7 heavy (non-hydrogen) atoms. The molecule has 5 nitrogen and oxygen atoms in total. The van der Waals surface area contributed by atoms with E-state index in [2.05, 4.69) is 0 Å². The monoisotopic (exact) mass is 178 g/mol. The van der Waals surface area contributed by atoms with Crippen LogP contribution in [0.5, 0.6) is 0 Å². The van der Waals surface area contributed by atoms with Crippen LogP contribution in [0.15, 0.2) is 0 Å². The molecule has 0 aliphatic rings. The molecule has 3 N–H and O–H groups in total. The van der Waals surface area contributed by atoms with Gasteiger partial charge in [0.05, 0.1) is 7.82 Å². The zero-order chi connectivity index (χ0) is 4.50. The second-order valence-electron chi connectivity index (χ2n) is 0.469. The van der Waals surface area contributed by atoms with E-state index >= 15 is 0 Å². The summed E-state index contributed by atoms with van der Waals surface area (Å²) in [4.78, 5) is 24.3. The average Bonchev–Trinajstić information content (AvgIpc) is 0.722. The molecule has 40 valence electrons. The van der Waals surface area contributed by atoms with Gasteiger partial charge in [-0.25, -0.2) is 0 Å². The van der Waals surface area contributed by atoms with Crippen molar-refractivity contribution in [3.05, 3.63) is 0 Å². The third-order valence-corrected chi connectivity index (χ3v) is 0. The summed E-state index contributed by atoms with van der Waals surface area (Å²) in [5.74, 6) is 0. The van der Waals surface area contributed by atoms with E-state index in [4.69, 9.17) is 19.2 Å². The van der Waals surface area contributed by atoms with Crippen molar-refractivity contribution in [1.29, 1.82) is 0 Å². The third kappa shape index (κ3) is 307. The predicted octanol–water partition coefficient (Wildman–Crippen LogP) is -3.02. The Labute approximate surface area is 52.7 Å². The summed E-state index contributed by atoms with van der Waals surface area (Å²) in [6, 6.07) is 0. The Morgan fingerprint density at radius 2 is 1.43 bits per heavy atom. The summed E-state index contributed by atoms with van der Waals surface area (Å²) in [5.41, 5.74) is 0. The van der Waals surface area contributed by atoms with Crippen LogP contribution in [-0.4, -0.2) is 10.4 Å². The first-order valence-corrected chi connectivity index (χ1v) is 2.24. The van der Waals surface area contributed by atoms with Gasteiger partial charge in [-0.3, -0.25) is 0 Å². The van der Waals surface area contributed by atoms with Gasteiger partial charge in [0.25, 0.3) is 0 Å². The molecule has 0 amide bonds. The molecule has 0 aromatic carbocycles. The van der Waals surface area contributed by atoms with Gasteiger partial charge in [-0.1, -0.05) is 0 Å². The van der Waals surface area contributed by atoms with Gasteiger partial charge in [-0.05, 0) is 0 Å². The molecule has 0 radical (unpaired) electrons. The van der Waals surface area contributed by atoms with Crippen molar-refractivity contribution in [1.82, 2.24) is 0 Å². The van der Waals surface area contributed by atoms with Crippen molar-refractivity contribution in [2.75, 3.05) is 0 Å². The van der Waals surface area contributed by atoms with Crippen LogP contribution in [-0.2, 0) is 24.0 Å². The van der Waals surface area contributed by atoms with Crippen LogP contribution in [0, 0.1) is 0 Å². The molecule has 0 spiro atoms. The van der Waals surface area contributed by atoms with Gasteiger partial charge in [0.1, 0.15) is 0 Å². The molecule has 0 aliphatic carbocycles. The molecular formula is H3O5PZn. The summed E-state index contributed by atoms with van der Waals surface area (Å²) in [6.07, 6.45) is 0. The number of hydrogen-bond donors (Lipinski definition) is 1. The minimum Gasteiger partial charge on any atom is -0.790 e. The van der Waals surface area contributed by atoms with Gasteiger partial charge in [-0.15, -0.1) is 0 Å². The maximum absolute atomic E-state index is 8.66. The molecule has 7 heteroatoms. The molecule has 0 saturated heterocycles. The van der Waals surface area contributed by atoms with Crippen LogP contribution >= 0.6 is 7.82 Å². The molecule has 0 bridgehead atoms. The predicted molar refractivity (Wildman–Crippen MR) is 13.4 cm³/mol. The largest absolute Gasteiger partial charge is 2.00 e. The first kappa shape index (κ1) is 15.6. The Balaban J connectivity index is -0.0000000800. The fraction of sp³-hybridized carbons (Fsp3) is 0. The first-order chi connectivity index (χ1) is 2.00. The van der Waals surface area contributed by atoms with Gasteiger partial charge >= 0.3 is 19.5 Å². The topological polar surface area (TPSA) is 115 Å². The average molecular weight is 179 g/mol. The van der Waals surface area contributed by atoms with Crippen LogP contribution in [0.2, 0.25) is 0 Å². The molecule has 0 atom stereocenters. The van der Waals surface area contributed by atoms with Crippen LogP contribution in [0.3, 0.4) is 0 Å². The summed E-state index contributed by atoms with van der Waals surface area (Å²) in [5, 5.41) is 0. The molecule has 0 heterocycles. The first-order valence-electron chi connectivity index (χ1n) is 0.748. The zero-order valence-electron chi connectivity index (χ0n) is 3.33. The quantitative estimate of drug-likeness (QED) is 0.315. The zero-order valence-corrected chi connectivity index (χ0v) is 7.19. The number of phosphoric acid groups is 1. The Morgan fingerprint density at radius 3 is 1.43 bits per heavy atom. The van der Waals surface area contributed by atoms with E-state index in [9.17, 15) is 0 Å². The number of hydrogen-bond acceptors (Lipinski definition) is 3. The van der Waals surface area contributed by atoms with E-state index in [0.717, 1.165) is 0 Å². The molecule has 0 rings (SSSR count). The summed E-state index contributed by atoms with van der Waals surface area (Å²) >= 11 is 0. The minimum atomic E-state index is -5.14. The van der Waals surface area contributed by atoms with Gasteiger partial charge in [0, 0.05) is 0 Å². The normalized spacial score (nSPS) is 8.43. The second-order valence-corrected chi connectivity index (χ2v) is 1.41.